The Hall–Kier alpha value is -2.94. The maximum absolute atomic E-state index is 4.68. The summed E-state index contributed by atoms with van der Waals surface area (Å²) in [6.07, 6.45) is 0. The first-order valence-corrected chi connectivity index (χ1v) is 7.70. The summed E-state index contributed by atoms with van der Waals surface area (Å²) in [7, 11) is 0. The van der Waals surface area contributed by atoms with Gasteiger partial charge in [-0.1, -0.05) is 54.6 Å². The number of nitrogens with zero attached hydrogens (tertiary/aromatic N) is 3. The van der Waals surface area contributed by atoms with E-state index < -0.39 is 0 Å². The third-order valence-corrected chi connectivity index (χ3v) is 4.02. The van der Waals surface area contributed by atoms with Crippen molar-refractivity contribution in [3.05, 3.63) is 78.1 Å². The van der Waals surface area contributed by atoms with Crippen LogP contribution in [0.3, 0.4) is 0 Å². The van der Waals surface area contributed by atoms with E-state index in [1.54, 1.807) is 0 Å². The van der Waals surface area contributed by atoms with Crippen LogP contribution in [0.1, 0.15) is 11.4 Å². The number of hydrogen-bond acceptors (Lipinski definition) is 2. The van der Waals surface area contributed by atoms with Crippen molar-refractivity contribution in [2.45, 2.75) is 13.8 Å². The minimum absolute atomic E-state index is 0.893. The summed E-state index contributed by atoms with van der Waals surface area (Å²) in [4.78, 5) is 4.55. The third kappa shape index (κ3) is 2.50. The molecule has 0 unspecified atom stereocenters. The fourth-order valence-electron chi connectivity index (χ4n) is 2.89. The van der Waals surface area contributed by atoms with Crippen LogP contribution >= 0.6 is 0 Å². The van der Waals surface area contributed by atoms with Gasteiger partial charge in [-0.15, -0.1) is 0 Å². The molecule has 2 aromatic carbocycles. The molecular weight excluding hydrogens is 282 g/mol. The number of benzene rings is 2. The molecule has 0 amide bonds. The van der Waals surface area contributed by atoms with Crippen LogP contribution in [0.5, 0.6) is 0 Å². The molecule has 2 aromatic heterocycles. The zero-order valence-electron chi connectivity index (χ0n) is 13.2. The zero-order chi connectivity index (χ0) is 15.8. The molecule has 0 bridgehead atoms. The molecule has 0 spiro atoms. The normalized spacial score (nSPS) is 11.0. The molecule has 2 heterocycles. The van der Waals surface area contributed by atoms with Crippen LogP contribution in [-0.2, 0) is 0 Å². The van der Waals surface area contributed by atoms with E-state index in [0.717, 1.165) is 28.3 Å². The molecule has 0 N–H and O–H groups in total. The summed E-state index contributed by atoms with van der Waals surface area (Å²) in [5.74, 6) is 0. The molecule has 0 aliphatic carbocycles. The summed E-state index contributed by atoms with van der Waals surface area (Å²) < 4.78 is 1.90. The molecule has 0 radical (unpaired) electrons. The van der Waals surface area contributed by atoms with Crippen LogP contribution in [0.25, 0.3) is 28.0 Å². The molecule has 0 saturated heterocycles. The van der Waals surface area contributed by atoms with E-state index in [4.69, 9.17) is 0 Å². The van der Waals surface area contributed by atoms with Crippen LogP contribution < -0.4 is 0 Å². The van der Waals surface area contributed by atoms with Gasteiger partial charge in [0.05, 0.1) is 5.69 Å². The van der Waals surface area contributed by atoms with Crippen LogP contribution in [0.2, 0.25) is 0 Å². The van der Waals surface area contributed by atoms with Crippen LogP contribution in [0.15, 0.2) is 66.7 Å². The number of aromatic nitrogens is 3. The molecule has 0 atom stereocenters. The second-order valence-corrected chi connectivity index (χ2v) is 5.78. The van der Waals surface area contributed by atoms with Crippen molar-refractivity contribution in [1.82, 2.24) is 14.6 Å². The minimum Gasteiger partial charge on any atom is -0.234 e. The van der Waals surface area contributed by atoms with Gasteiger partial charge in [-0.05, 0) is 31.0 Å². The molecule has 3 nitrogen and oxygen atoms in total. The van der Waals surface area contributed by atoms with Crippen molar-refractivity contribution in [2.75, 3.05) is 0 Å². The molecule has 0 saturated carbocycles. The van der Waals surface area contributed by atoms with Gasteiger partial charge in [-0.25, -0.2) is 9.50 Å². The van der Waals surface area contributed by atoms with Gasteiger partial charge in [0.25, 0.3) is 0 Å². The summed E-state index contributed by atoms with van der Waals surface area (Å²) >= 11 is 0. The van der Waals surface area contributed by atoms with E-state index in [1.807, 2.05) is 29.6 Å². The molecule has 3 heteroatoms. The van der Waals surface area contributed by atoms with Crippen molar-refractivity contribution < 1.29 is 0 Å². The molecule has 4 rings (SSSR count). The van der Waals surface area contributed by atoms with E-state index in [-0.39, 0.29) is 0 Å². The lowest BCUT2D eigenvalue weighted by atomic mass is 10.0. The summed E-state index contributed by atoms with van der Waals surface area (Å²) in [6, 6.07) is 23.0. The summed E-state index contributed by atoms with van der Waals surface area (Å²) in [6.45, 7) is 4.06. The van der Waals surface area contributed by atoms with E-state index in [0.29, 0.717) is 0 Å². The van der Waals surface area contributed by atoms with Crippen molar-refractivity contribution in [2.24, 2.45) is 0 Å². The van der Waals surface area contributed by atoms with Crippen LogP contribution in [-0.4, -0.2) is 14.6 Å². The molecule has 0 fully saturated rings. The van der Waals surface area contributed by atoms with Gasteiger partial charge in [0.15, 0.2) is 5.65 Å². The predicted molar refractivity (Wildman–Crippen MR) is 93.3 cm³/mol. The third-order valence-electron chi connectivity index (χ3n) is 4.02. The van der Waals surface area contributed by atoms with Gasteiger partial charge < -0.3 is 0 Å². The zero-order valence-corrected chi connectivity index (χ0v) is 13.2. The van der Waals surface area contributed by atoms with E-state index in [1.165, 1.54) is 11.1 Å². The van der Waals surface area contributed by atoms with Crippen molar-refractivity contribution in [1.29, 1.82) is 0 Å². The average molecular weight is 299 g/mol. The lowest BCUT2D eigenvalue weighted by molar-refractivity contribution is 0.889. The first kappa shape index (κ1) is 13.7. The van der Waals surface area contributed by atoms with Gasteiger partial charge in [-0.3, -0.25) is 0 Å². The standard InChI is InChI=1S/C20H17N3/c1-14-12-15(2)23-20(21-14)13-19(22-23)18-10-8-17(9-11-18)16-6-4-3-5-7-16/h3-13H,1-2H3. The van der Waals surface area contributed by atoms with Crippen LogP contribution in [0, 0.1) is 13.8 Å². The number of hydrogen-bond donors (Lipinski definition) is 0. The van der Waals surface area contributed by atoms with Gasteiger partial charge in [0, 0.05) is 23.0 Å². The molecule has 112 valence electrons. The maximum Gasteiger partial charge on any atom is 0.156 e. The van der Waals surface area contributed by atoms with Gasteiger partial charge in [0.2, 0.25) is 0 Å². The summed E-state index contributed by atoms with van der Waals surface area (Å²) in [5.41, 5.74) is 7.49. The highest BCUT2D eigenvalue weighted by Gasteiger charge is 2.08. The smallest absolute Gasteiger partial charge is 0.156 e. The van der Waals surface area contributed by atoms with Crippen molar-refractivity contribution in [3.8, 4) is 22.4 Å². The van der Waals surface area contributed by atoms with Crippen LogP contribution in [0.4, 0.5) is 0 Å². The second-order valence-electron chi connectivity index (χ2n) is 5.78. The van der Waals surface area contributed by atoms with E-state index in [2.05, 4.69) is 65.5 Å². The molecule has 4 aromatic rings. The Kier molecular flexibility index (Phi) is 3.19. The minimum atomic E-state index is 0.893. The highest BCUT2D eigenvalue weighted by Crippen LogP contribution is 2.25. The Labute approximate surface area is 135 Å². The number of aryl methyl sites for hydroxylation is 2. The summed E-state index contributed by atoms with van der Waals surface area (Å²) in [5, 5.41) is 4.68. The molecular formula is C20H17N3. The quantitative estimate of drug-likeness (QED) is 0.538. The van der Waals surface area contributed by atoms with Crippen molar-refractivity contribution >= 4 is 5.65 Å². The second kappa shape index (κ2) is 5.36. The number of fused-ring (bicyclic) bond motifs is 1. The highest BCUT2D eigenvalue weighted by atomic mass is 15.3. The highest BCUT2D eigenvalue weighted by molar-refractivity contribution is 5.70. The fourth-order valence-corrected chi connectivity index (χ4v) is 2.89. The first-order valence-electron chi connectivity index (χ1n) is 7.70. The Morgan fingerprint density at radius 2 is 1.39 bits per heavy atom. The van der Waals surface area contributed by atoms with Gasteiger partial charge in [-0.2, -0.15) is 5.10 Å². The Morgan fingerprint density at radius 1 is 0.739 bits per heavy atom. The molecule has 23 heavy (non-hydrogen) atoms. The first-order chi connectivity index (χ1) is 11.2. The fraction of sp³-hybridized carbons (Fsp3) is 0.100. The predicted octanol–water partition coefficient (Wildman–Crippen LogP) is 4.68. The SMILES string of the molecule is Cc1cc(C)n2nc(-c3ccc(-c4ccccc4)cc3)cc2n1. The molecule has 0 aliphatic rings. The Morgan fingerprint density at radius 3 is 2.13 bits per heavy atom. The van der Waals surface area contributed by atoms with Crippen molar-refractivity contribution in [3.63, 3.8) is 0 Å². The van der Waals surface area contributed by atoms with Gasteiger partial charge in [0.1, 0.15) is 0 Å². The largest absolute Gasteiger partial charge is 0.234 e. The lowest BCUT2D eigenvalue weighted by Gasteiger charge is -2.02. The Bertz CT molecular complexity index is 967. The topological polar surface area (TPSA) is 30.2 Å². The monoisotopic (exact) mass is 299 g/mol. The molecule has 0 aliphatic heterocycles. The number of rotatable bonds is 2. The average Bonchev–Trinajstić information content (AvgIpc) is 3.00. The lowest BCUT2D eigenvalue weighted by Crippen LogP contribution is -1.96. The van der Waals surface area contributed by atoms with E-state index in [9.17, 15) is 0 Å². The van der Waals surface area contributed by atoms with Gasteiger partial charge >= 0.3 is 0 Å². The Balaban J connectivity index is 1.75. The van der Waals surface area contributed by atoms with E-state index >= 15 is 0 Å². The maximum atomic E-state index is 4.68.